The summed E-state index contributed by atoms with van der Waals surface area (Å²) in [7, 11) is 0. The molecule has 1 saturated heterocycles. The summed E-state index contributed by atoms with van der Waals surface area (Å²) in [5.41, 5.74) is 0.329. The number of urea groups is 1. The SMILES string of the molecule is C[C@]1(c2cccc(-n3cnnn3)c2)NC(=O)N(CC(=O)Nc2ccc(C#N)c(Cl)c2)C1=O. The van der Waals surface area contributed by atoms with E-state index in [1.54, 1.807) is 31.2 Å². The van der Waals surface area contributed by atoms with E-state index in [9.17, 15) is 14.4 Å². The van der Waals surface area contributed by atoms with Crippen LogP contribution >= 0.6 is 11.6 Å². The van der Waals surface area contributed by atoms with Gasteiger partial charge in [0.25, 0.3) is 5.91 Å². The van der Waals surface area contributed by atoms with Gasteiger partial charge in [0.05, 0.1) is 16.3 Å². The number of imide groups is 1. The molecule has 2 aromatic carbocycles. The number of rotatable bonds is 5. The van der Waals surface area contributed by atoms with Gasteiger partial charge in [0.1, 0.15) is 24.5 Å². The average molecular weight is 451 g/mol. The second-order valence-corrected chi connectivity index (χ2v) is 7.51. The van der Waals surface area contributed by atoms with Gasteiger partial charge in [-0.3, -0.25) is 14.5 Å². The van der Waals surface area contributed by atoms with Gasteiger partial charge in [-0.2, -0.15) is 5.26 Å². The third-order valence-corrected chi connectivity index (χ3v) is 5.30. The highest BCUT2D eigenvalue weighted by molar-refractivity contribution is 6.32. The van der Waals surface area contributed by atoms with Crippen molar-refractivity contribution >= 4 is 35.1 Å². The van der Waals surface area contributed by atoms with E-state index in [-0.39, 0.29) is 10.6 Å². The van der Waals surface area contributed by atoms with Crippen LogP contribution in [-0.4, -0.2) is 49.5 Å². The summed E-state index contributed by atoms with van der Waals surface area (Å²) in [5, 5.41) is 25.3. The normalized spacial score (nSPS) is 17.7. The van der Waals surface area contributed by atoms with E-state index >= 15 is 0 Å². The van der Waals surface area contributed by atoms with Crippen molar-refractivity contribution < 1.29 is 14.4 Å². The number of nitrogens with one attached hydrogen (secondary N) is 2. The molecule has 0 spiro atoms. The van der Waals surface area contributed by atoms with Gasteiger partial charge in [-0.15, -0.1) is 5.10 Å². The van der Waals surface area contributed by atoms with E-state index in [4.69, 9.17) is 16.9 Å². The number of amides is 4. The maximum absolute atomic E-state index is 13.1. The number of benzene rings is 2. The van der Waals surface area contributed by atoms with Crippen molar-refractivity contribution in [3.8, 4) is 11.8 Å². The molecule has 160 valence electrons. The largest absolute Gasteiger partial charge is 0.325 e. The Bertz CT molecular complexity index is 1270. The predicted molar refractivity (Wildman–Crippen MR) is 112 cm³/mol. The Morgan fingerprint density at radius 3 is 2.78 bits per heavy atom. The first-order chi connectivity index (χ1) is 15.3. The van der Waals surface area contributed by atoms with Crippen LogP contribution in [0.2, 0.25) is 5.02 Å². The number of hydrogen-bond donors (Lipinski definition) is 2. The first-order valence-electron chi connectivity index (χ1n) is 9.29. The van der Waals surface area contributed by atoms with Crippen LogP contribution in [0.1, 0.15) is 18.1 Å². The molecule has 12 heteroatoms. The van der Waals surface area contributed by atoms with E-state index in [2.05, 4.69) is 26.2 Å². The van der Waals surface area contributed by atoms with Gasteiger partial charge in [-0.1, -0.05) is 23.7 Å². The minimum atomic E-state index is -1.38. The van der Waals surface area contributed by atoms with Gasteiger partial charge in [-0.25, -0.2) is 9.48 Å². The van der Waals surface area contributed by atoms with Crippen LogP contribution in [0.3, 0.4) is 0 Å². The maximum Gasteiger partial charge on any atom is 0.325 e. The smallest absolute Gasteiger partial charge is 0.324 e. The van der Waals surface area contributed by atoms with E-state index in [1.807, 2.05) is 6.07 Å². The van der Waals surface area contributed by atoms with Gasteiger partial charge in [-0.05, 0) is 53.2 Å². The zero-order chi connectivity index (χ0) is 22.9. The molecule has 2 N–H and O–H groups in total. The molecular formula is C20H15ClN8O3. The number of nitrogens with zero attached hydrogens (tertiary/aromatic N) is 6. The Kier molecular flexibility index (Phi) is 5.29. The van der Waals surface area contributed by atoms with Crippen LogP contribution in [0.4, 0.5) is 10.5 Å². The van der Waals surface area contributed by atoms with Crippen LogP contribution in [0.5, 0.6) is 0 Å². The van der Waals surface area contributed by atoms with E-state index in [0.717, 1.165) is 4.90 Å². The summed E-state index contributed by atoms with van der Waals surface area (Å²) in [5.74, 6) is -1.18. The lowest BCUT2D eigenvalue weighted by atomic mass is 9.91. The standard InChI is InChI=1S/C20H15ClN8O3/c1-20(13-3-2-4-15(7-13)29-11-23-26-27-29)18(31)28(19(32)25-20)10-17(30)24-14-6-5-12(9-22)16(21)8-14/h2-8,11H,10H2,1H3,(H,24,30)(H,25,32)/t20-/m1/s1. The predicted octanol–water partition coefficient (Wildman–Crippen LogP) is 1.59. The van der Waals surface area contributed by atoms with Gasteiger partial charge < -0.3 is 10.6 Å². The summed E-state index contributed by atoms with van der Waals surface area (Å²) < 4.78 is 1.42. The van der Waals surface area contributed by atoms with E-state index in [1.165, 1.54) is 29.2 Å². The molecule has 0 radical (unpaired) electrons. The van der Waals surface area contributed by atoms with Crippen LogP contribution in [0, 0.1) is 11.3 Å². The van der Waals surface area contributed by atoms with E-state index < -0.39 is 29.9 Å². The lowest BCUT2D eigenvalue weighted by Crippen LogP contribution is -2.42. The number of carbonyl (C=O) groups is 3. The minimum Gasteiger partial charge on any atom is -0.324 e. The number of nitriles is 1. The fraction of sp³-hybridized carbons (Fsp3) is 0.150. The van der Waals surface area contributed by atoms with Crippen LogP contribution in [0.25, 0.3) is 5.69 Å². The van der Waals surface area contributed by atoms with Crippen molar-refractivity contribution in [3.05, 3.63) is 64.9 Å². The lowest BCUT2D eigenvalue weighted by molar-refractivity contribution is -0.133. The van der Waals surface area contributed by atoms with Gasteiger partial charge >= 0.3 is 6.03 Å². The average Bonchev–Trinajstić information content (AvgIpc) is 3.38. The highest BCUT2D eigenvalue weighted by Gasteiger charge is 2.49. The fourth-order valence-corrected chi connectivity index (χ4v) is 3.53. The number of tetrazole rings is 1. The van der Waals surface area contributed by atoms with Gasteiger partial charge in [0.2, 0.25) is 5.91 Å². The molecule has 4 amide bonds. The Morgan fingerprint density at radius 2 is 2.09 bits per heavy atom. The zero-order valence-corrected chi connectivity index (χ0v) is 17.4. The number of halogens is 1. The first kappa shape index (κ1) is 21.0. The summed E-state index contributed by atoms with van der Waals surface area (Å²) in [4.78, 5) is 39.0. The number of aromatic nitrogens is 4. The number of anilines is 1. The summed E-state index contributed by atoms with van der Waals surface area (Å²) in [6.07, 6.45) is 1.41. The highest BCUT2D eigenvalue weighted by atomic mass is 35.5. The summed E-state index contributed by atoms with van der Waals surface area (Å²) >= 11 is 5.97. The zero-order valence-electron chi connectivity index (χ0n) is 16.6. The molecule has 0 unspecified atom stereocenters. The molecule has 3 aromatic rings. The summed E-state index contributed by atoms with van der Waals surface area (Å²) in [6.45, 7) is 1.06. The highest BCUT2D eigenvalue weighted by Crippen LogP contribution is 2.30. The van der Waals surface area contributed by atoms with Crippen LogP contribution in [0.15, 0.2) is 48.8 Å². The van der Waals surface area contributed by atoms with E-state index in [0.29, 0.717) is 16.9 Å². The third kappa shape index (κ3) is 3.75. The molecule has 1 aromatic heterocycles. The second-order valence-electron chi connectivity index (χ2n) is 7.11. The molecule has 1 atom stereocenters. The van der Waals surface area contributed by atoms with Gasteiger partial charge in [0.15, 0.2) is 0 Å². The topological polar surface area (TPSA) is 146 Å². The fourth-order valence-electron chi connectivity index (χ4n) is 3.30. The second kappa shape index (κ2) is 8.09. The molecule has 4 rings (SSSR count). The van der Waals surface area contributed by atoms with Crippen LogP contribution in [-0.2, 0) is 15.1 Å². The first-order valence-corrected chi connectivity index (χ1v) is 9.67. The Balaban J connectivity index is 1.51. The van der Waals surface area contributed by atoms with Crippen LogP contribution < -0.4 is 10.6 Å². The lowest BCUT2D eigenvalue weighted by Gasteiger charge is -2.22. The Morgan fingerprint density at radius 1 is 1.28 bits per heavy atom. The molecule has 11 nitrogen and oxygen atoms in total. The molecule has 32 heavy (non-hydrogen) atoms. The summed E-state index contributed by atoms with van der Waals surface area (Å²) in [6, 6.07) is 12.4. The monoisotopic (exact) mass is 450 g/mol. The Labute approximate surface area is 186 Å². The number of carbonyl (C=O) groups excluding carboxylic acids is 3. The molecule has 0 bridgehead atoms. The van der Waals surface area contributed by atoms with Gasteiger partial charge in [0, 0.05) is 5.69 Å². The van der Waals surface area contributed by atoms with Crippen molar-refractivity contribution in [2.75, 3.05) is 11.9 Å². The molecule has 1 fully saturated rings. The van der Waals surface area contributed by atoms with Crippen molar-refractivity contribution in [2.45, 2.75) is 12.5 Å². The van der Waals surface area contributed by atoms with Crippen molar-refractivity contribution in [2.24, 2.45) is 0 Å². The third-order valence-electron chi connectivity index (χ3n) is 4.99. The molecular weight excluding hydrogens is 436 g/mol. The molecule has 0 aliphatic carbocycles. The Hall–Kier alpha value is -4.30. The molecule has 1 aliphatic rings. The van der Waals surface area contributed by atoms with Crippen molar-refractivity contribution in [3.63, 3.8) is 0 Å². The minimum absolute atomic E-state index is 0.176. The quantitative estimate of drug-likeness (QED) is 0.561. The van der Waals surface area contributed by atoms with Crippen molar-refractivity contribution in [1.82, 2.24) is 30.4 Å². The number of hydrogen-bond acceptors (Lipinski definition) is 7. The van der Waals surface area contributed by atoms with Crippen molar-refractivity contribution in [1.29, 1.82) is 5.26 Å². The molecule has 2 heterocycles. The molecule has 1 aliphatic heterocycles. The molecule has 0 saturated carbocycles. The maximum atomic E-state index is 13.1.